The summed E-state index contributed by atoms with van der Waals surface area (Å²) in [5.41, 5.74) is 2.22. The molecule has 0 aliphatic rings. The molecule has 0 aromatic heterocycles. The van der Waals surface area contributed by atoms with E-state index in [1.54, 1.807) is 19.2 Å². The molecule has 0 spiro atoms. The second-order valence-corrected chi connectivity index (χ2v) is 5.48. The lowest BCUT2D eigenvalue weighted by atomic mass is 10.1. The van der Waals surface area contributed by atoms with Crippen molar-refractivity contribution in [3.8, 4) is 5.75 Å². The summed E-state index contributed by atoms with van der Waals surface area (Å²) < 4.78 is 6.05. The Hall–Kier alpha value is -2.07. The van der Waals surface area contributed by atoms with Crippen LogP contribution >= 0.6 is 15.9 Å². The fourth-order valence-electron chi connectivity index (χ4n) is 1.85. The van der Waals surface area contributed by atoms with Gasteiger partial charge in [-0.3, -0.25) is 4.79 Å². The number of ketones is 1. The van der Waals surface area contributed by atoms with Crippen LogP contribution in [0.25, 0.3) is 0 Å². The van der Waals surface area contributed by atoms with Gasteiger partial charge in [-0.1, -0.05) is 34.6 Å². The number of ether oxygens (including phenoxy) is 1. The number of carbonyl (C=O) groups excluding carboxylic acids is 1. The topological polar surface area (TPSA) is 38.3 Å². The lowest BCUT2D eigenvalue weighted by Crippen LogP contribution is -2.06. The molecule has 1 N–H and O–H groups in total. The van der Waals surface area contributed by atoms with Crippen molar-refractivity contribution in [3.05, 3.63) is 70.8 Å². The number of anilines is 1. The Bertz CT molecular complexity index is 633. The molecule has 0 amide bonds. The van der Waals surface area contributed by atoms with Gasteiger partial charge >= 0.3 is 0 Å². The Balaban J connectivity index is 1.94. The summed E-state index contributed by atoms with van der Waals surface area (Å²) in [7, 11) is 1.62. The Morgan fingerprint density at radius 2 is 1.76 bits per heavy atom. The largest absolute Gasteiger partial charge is 0.497 e. The van der Waals surface area contributed by atoms with Crippen LogP contribution < -0.4 is 10.1 Å². The lowest BCUT2D eigenvalue weighted by molar-refractivity contribution is 0.0993. The number of hydrogen-bond acceptors (Lipinski definition) is 3. The molecule has 21 heavy (non-hydrogen) atoms. The van der Waals surface area contributed by atoms with E-state index in [2.05, 4.69) is 27.8 Å². The zero-order valence-electron chi connectivity index (χ0n) is 11.7. The molecule has 0 fully saturated rings. The normalized spacial score (nSPS) is 10.0. The molecule has 0 heterocycles. The molecule has 0 aliphatic heterocycles. The minimum atomic E-state index is 0.0357. The summed E-state index contributed by atoms with van der Waals surface area (Å²) >= 11 is 3.35. The minimum Gasteiger partial charge on any atom is -0.497 e. The van der Waals surface area contributed by atoms with Crippen molar-refractivity contribution >= 4 is 27.4 Å². The first-order valence-electron chi connectivity index (χ1n) is 6.46. The number of halogens is 1. The SMILES string of the molecule is C=C(CC(=O)c1ccc(Br)cc1)Nc1ccc(OC)cc1. The molecule has 0 aliphatic carbocycles. The van der Waals surface area contributed by atoms with Gasteiger partial charge in [-0.2, -0.15) is 0 Å². The highest BCUT2D eigenvalue weighted by Gasteiger charge is 2.08. The van der Waals surface area contributed by atoms with E-state index in [1.165, 1.54) is 0 Å². The van der Waals surface area contributed by atoms with E-state index in [9.17, 15) is 4.79 Å². The summed E-state index contributed by atoms with van der Waals surface area (Å²) in [6.45, 7) is 3.90. The van der Waals surface area contributed by atoms with Gasteiger partial charge in [-0.15, -0.1) is 0 Å². The number of nitrogens with one attached hydrogen (secondary N) is 1. The van der Waals surface area contributed by atoms with Gasteiger partial charge in [-0.05, 0) is 36.4 Å². The number of benzene rings is 2. The van der Waals surface area contributed by atoms with Crippen LogP contribution in [0, 0.1) is 0 Å². The molecule has 0 atom stereocenters. The van der Waals surface area contributed by atoms with Crippen molar-refractivity contribution in [2.75, 3.05) is 12.4 Å². The number of hydrogen-bond donors (Lipinski definition) is 1. The minimum absolute atomic E-state index is 0.0357. The summed E-state index contributed by atoms with van der Waals surface area (Å²) in [5.74, 6) is 0.825. The fourth-order valence-corrected chi connectivity index (χ4v) is 2.12. The predicted octanol–water partition coefficient (Wildman–Crippen LogP) is 4.66. The standard InChI is InChI=1S/C17H16BrNO2/c1-12(19-15-7-9-16(21-2)10-8-15)11-17(20)13-3-5-14(18)6-4-13/h3-10,19H,1,11H2,2H3. The Morgan fingerprint density at radius 3 is 2.33 bits per heavy atom. The van der Waals surface area contributed by atoms with Gasteiger partial charge in [0, 0.05) is 21.4 Å². The maximum absolute atomic E-state index is 12.1. The molecule has 2 aromatic carbocycles. The molecule has 0 unspecified atom stereocenters. The third kappa shape index (κ3) is 4.46. The number of allylic oxidation sites excluding steroid dienone is 1. The molecule has 4 heteroatoms. The third-order valence-electron chi connectivity index (χ3n) is 2.95. The highest BCUT2D eigenvalue weighted by molar-refractivity contribution is 9.10. The number of Topliss-reactive ketones (excluding diaryl/α,β-unsaturated/α-hetero) is 1. The third-order valence-corrected chi connectivity index (χ3v) is 3.48. The fraction of sp³-hybridized carbons (Fsp3) is 0.118. The Kier molecular flexibility index (Phi) is 5.17. The van der Waals surface area contributed by atoms with Crippen molar-refractivity contribution in [3.63, 3.8) is 0 Å². The highest BCUT2D eigenvalue weighted by Crippen LogP contribution is 2.18. The monoisotopic (exact) mass is 345 g/mol. The Labute approximate surface area is 132 Å². The smallest absolute Gasteiger partial charge is 0.168 e. The van der Waals surface area contributed by atoms with E-state index in [0.29, 0.717) is 11.3 Å². The molecule has 108 valence electrons. The molecule has 0 saturated carbocycles. The molecular weight excluding hydrogens is 330 g/mol. The summed E-state index contributed by atoms with van der Waals surface area (Å²) in [6, 6.07) is 14.8. The molecular formula is C17H16BrNO2. The van der Waals surface area contributed by atoms with Crippen molar-refractivity contribution in [2.45, 2.75) is 6.42 Å². The average molecular weight is 346 g/mol. The second kappa shape index (κ2) is 7.09. The van der Waals surface area contributed by atoms with Crippen LogP contribution in [0.1, 0.15) is 16.8 Å². The van der Waals surface area contributed by atoms with E-state index in [4.69, 9.17) is 4.74 Å². The van der Waals surface area contributed by atoms with Crippen molar-refractivity contribution in [2.24, 2.45) is 0 Å². The highest BCUT2D eigenvalue weighted by atomic mass is 79.9. The number of methoxy groups -OCH3 is 1. The van der Waals surface area contributed by atoms with E-state index < -0.39 is 0 Å². The van der Waals surface area contributed by atoms with Gasteiger partial charge in [0.1, 0.15) is 5.75 Å². The molecule has 0 bridgehead atoms. The van der Waals surface area contributed by atoms with Gasteiger partial charge in [0.15, 0.2) is 5.78 Å². The van der Waals surface area contributed by atoms with Crippen LogP contribution in [0.15, 0.2) is 65.3 Å². The van der Waals surface area contributed by atoms with E-state index >= 15 is 0 Å². The van der Waals surface area contributed by atoms with Crippen LogP contribution in [0.4, 0.5) is 5.69 Å². The van der Waals surface area contributed by atoms with Crippen LogP contribution in [0.3, 0.4) is 0 Å². The van der Waals surface area contributed by atoms with E-state index in [-0.39, 0.29) is 12.2 Å². The van der Waals surface area contributed by atoms with Crippen molar-refractivity contribution in [1.82, 2.24) is 0 Å². The first-order valence-corrected chi connectivity index (χ1v) is 7.25. The second-order valence-electron chi connectivity index (χ2n) is 4.56. The molecule has 0 saturated heterocycles. The zero-order chi connectivity index (χ0) is 15.2. The maximum atomic E-state index is 12.1. The number of carbonyl (C=O) groups is 1. The number of rotatable bonds is 6. The van der Waals surface area contributed by atoms with Gasteiger partial charge < -0.3 is 10.1 Å². The van der Waals surface area contributed by atoms with Gasteiger partial charge in [-0.25, -0.2) is 0 Å². The van der Waals surface area contributed by atoms with Crippen molar-refractivity contribution < 1.29 is 9.53 Å². The van der Waals surface area contributed by atoms with Crippen LogP contribution in [-0.4, -0.2) is 12.9 Å². The molecule has 3 nitrogen and oxygen atoms in total. The molecule has 2 aromatic rings. The van der Waals surface area contributed by atoms with E-state index in [1.807, 2.05) is 36.4 Å². The summed E-state index contributed by atoms with van der Waals surface area (Å²) in [5, 5.41) is 3.13. The first kappa shape index (κ1) is 15.3. The summed E-state index contributed by atoms with van der Waals surface area (Å²) in [6.07, 6.45) is 0.258. The quantitative estimate of drug-likeness (QED) is 0.774. The van der Waals surface area contributed by atoms with Gasteiger partial charge in [0.25, 0.3) is 0 Å². The van der Waals surface area contributed by atoms with Gasteiger partial charge in [0.05, 0.1) is 13.5 Å². The lowest BCUT2D eigenvalue weighted by Gasteiger charge is -2.10. The van der Waals surface area contributed by atoms with Crippen LogP contribution in [0.2, 0.25) is 0 Å². The zero-order valence-corrected chi connectivity index (χ0v) is 13.3. The van der Waals surface area contributed by atoms with E-state index in [0.717, 1.165) is 15.9 Å². The first-order chi connectivity index (χ1) is 10.1. The van der Waals surface area contributed by atoms with Gasteiger partial charge in [0.2, 0.25) is 0 Å². The molecule has 2 rings (SSSR count). The predicted molar refractivity (Wildman–Crippen MR) is 88.8 cm³/mol. The summed E-state index contributed by atoms with van der Waals surface area (Å²) in [4.78, 5) is 12.1. The molecule has 0 radical (unpaired) electrons. The van der Waals surface area contributed by atoms with Crippen molar-refractivity contribution in [1.29, 1.82) is 0 Å². The average Bonchev–Trinajstić information content (AvgIpc) is 2.48. The Morgan fingerprint density at radius 1 is 1.14 bits per heavy atom. The van der Waals surface area contributed by atoms with Crippen LogP contribution in [0.5, 0.6) is 5.75 Å². The maximum Gasteiger partial charge on any atom is 0.168 e. The van der Waals surface area contributed by atoms with Crippen LogP contribution in [-0.2, 0) is 0 Å².